The molecule has 0 aliphatic carbocycles. The van der Waals surface area contributed by atoms with E-state index in [1.165, 1.54) is 42.5 Å². The molecular formula is C17H13ClN4O6S. The maximum atomic E-state index is 12.7. The van der Waals surface area contributed by atoms with Gasteiger partial charge < -0.3 is 20.9 Å². The Balaban J connectivity index is 2.10. The number of aromatic hydroxyl groups is 1. The number of nitrogens with zero attached hydrogens (tertiary/aromatic N) is 1. The second kappa shape index (κ2) is 7.45. The van der Waals surface area contributed by atoms with Crippen LogP contribution in [0.1, 0.15) is 10.5 Å². The number of carboxylic acid groups (broad SMARTS) is 1. The Labute approximate surface area is 168 Å². The first-order valence-corrected chi connectivity index (χ1v) is 9.70. The van der Waals surface area contributed by atoms with Crippen molar-refractivity contribution >= 4 is 39.0 Å². The fourth-order valence-electron chi connectivity index (χ4n) is 2.40. The first-order chi connectivity index (χ1) is 13.6. The minimum atomic E-state index is -4.10. The molecule has 2 aromatic carbocycles. The van der Waals surface area contributed by atoms with Crippen molar-refractivity contribution in [3.05, 3.63) is 63.5 Å². The lowest BCUT2D eigenvalue weighted by Crippen LogP contribution is -2.17. The van der Waals surface area contributed by atoms with Crippen molar-refractivity contribution in [3.63, 3.8) is 0 Å². The zero-order valence-electron chi connectivity index (χ0n) is 14.4. The van der Waals surface area contributed by atoms with E-state index in [0.29, 0.717) is 0 Å². The van der Waals surface area contributed by atoms with Gasteiger partial charge in [-0.15, -0.1) is 0 Å². The summed E-state index contributed by atoms with van der Waals surface area (Å²) in [6.07, 6.45) is 0. The molecule has 0 unspecified atom stereocenters. The Hall–Kier alpha value is -3.57. The van der Waals surface area contributed by atoms with Crippen molar-refractivity contribution in [2.45, 2.75) is 4.90 Å². The molecule has 0 aliphatic rings. The fraction of sp³-hybridized carbons (Fsp3) is 0. The van der Waals surface area contributed by atoms with Crippen LogP contribution in [0.3, 0.4) is 0 Å². The molecule has 6 N–H and O–H groups in total. The van der Waals surface area contributed by atoms with Gasteiger partial charge in [-0.1, -0.05) is 23.7 Å². The fourth-order valence-corrected chi connectivity index (χ4v) is 3.75. The molecule has 0 amide bonds. The number of halogens is 1. The number of hydrogen-bond acceptors (Lipinski definition) is 7. The van der Waals surface area contributed by atoms with E-state index in [1.54, 1.807) is 0 Å². The van der Waals surface area contributed by atoms with E-state index in [0.717, 1.165) is 0 Å². The van der Waals surface area contributed by atoms with Crippen LogP contribution < -0.4 is 16.0 Å². The standard InChI is InChI=1S/C17H13ClN4O6S/c18-10-7-8(5-6-11(10)19)29(27,28)22-12-4-2-1-3-9(12)15-20-13(17(25)26)14(23)16(24)21-15/h1-7,22-23H,19H2,(H,25,26)(H,20,21,24). The van der Waals surface area contributed by atoms with Crippen LogP contribution in [0.4, 0.5) is 11.4 Å². The molecule has 0 aliphatic heterocycles. The smallest absolute Gasteiger partial charge is 0.358 e. The van der Waals surface area contributed by atoms with Crippen LogP contribution in [0.15, 0.2) is 52.2 Å². The number of H-pyrrole nitrogens is 1. The zero-order chi connectivity index (χ0) is 21.3. The summed E-state index contributed by atoms with van der Waals surface area (Å²) in [5.41, 5.74) is 3.93. The molecule has 12 heteroatoms. The molecule has 0 spiro atoms. The lowest BCUT2D eigenvalue weighted by molar-refractivity contribution is 0.0686. The normalized spacial score (nSPS) is 11.2. The highest BCUT2D eigenvalue weighted by Gasteiger charge is 2.21. The lowest BCUT2D eigenvalue weighted by Gasteiger charge is -2.13. The molecule has 150 valence electrons. The summed E-state index contributed by atoms with van der Waals surface area (Å²) in [4.78, 5) is 28.8. The van der Waals surface area contributed by atoms with Crippen LogP contribution in [-0.2, 0) is 10.0 Å². The van der Waals surface area contributed by atoms with Crippen LogP contribution in [0, 0.1) is 0 Å². The van der Waals surface area contributed by atoms with Crippen LogP contribution >= 0.6 is 11.6 Å². The van der Waals surface area contributed by atoms with Gasteiger partial charge in [0.25, 0.3) is 15.6 Å². The van der Waals surface area contributed by atoms with Crippen LogP contribution in [0.25, 0.3) is 11.4 Å². The molecule has 29 heavy (non-hydrogen) atoms. The number of nitrogens with one attached hydrogen (secondary N) is 2. The first-order valence-electron chi connectivity index (χ1n) is 7.84. The third-order valence-corrected chi connectivity index (χ3v) is 5.50. The number of aromatic nitrogens is 2. The number of hydrogen-bond donors (Lipinski definition) is 5. The number of benzene rings is 2. The summed E-state index contributed by atoms with van der Waals surface area (Å²) in [5.74, 6) is -2.93. The van der Waals surface area contributed by atoms with Crippen LogP contribution in [0.5, 0.6) is 5.75 Å². The second-order valence-corrected chi connectivity index (χ2v) is 7.84. The molecule has 3 aromatic rings. The monoisotopic (exact) mass is 436 g/mol. The molecule has 3 rings (SSSR count). The molecule has 0 atom stereocenters. The Bertz CT molecular complexity index is 1290. The summed E-state index contributed by atoms with van der Waals surface area (Å²) in [7, 11) is -4.10. The van der Waals surface area contributed by atoms with Crippen molar-refractivity contribution in [2.24, 2.45) is 0 Å². The van der Waals surface area contributed by atoms with Crippen molar-refractivity contribution in [1.82, 2.24) is 9.97 Å². The van der Waals surface area contributed by atoms with Gasteiger partial charge in [-0.3, -0.25) is 9.52 Å². The number of para-hydroxylation sites is 1. The van der Waals surface area contributed by atoms with Crippen molar-refractivity contribution in [2.75, 3.05) is 10.5 Å². The number of rotatable bonds is 5. The maximum Gasteiger partial charge on any atom is 0.358 e. The van der Waals surface area contributed by atoms with Gasteiger partial charge in [-0.2, -0.15) is 0 Å². The van der Waals surface area contributed by atoms with Crippen LogP contribution in [0.2, 0.25) is 5.02 Å². The highest BCUT2D eigenvalue weighted by molar-refractivity contribution is 7.92. The van der Waals surface area contributed by atoms with Gasteiger partial charge in [0.2, 0.25) is 5.75 Å². The van der Waals surface area contributed by atoms with E-state index >= 15 is 0 Å². The summed E-state index contributed by atoms with van der Waals surface area (Å²) < 4.78 is 27.7. The maximum absolute atomic E-state index is 12.7. The Morgan fingerprint density at radius 1 is 1.21 bits per heavy atom. The van der Waals surface area contributed by atoms with Crippen LogP contribution in [-0.4, -0.2) is 34.6 Å². The molecule has 0 saturated carbocycles. The summed E-state index contributed by atoms with van der Waals surface area (Å²) in [6, 6.07) is 9.61. The van der Waals surface area contributed by atoms with E-state index in [2.05, 4.69) is 14.7 Å². The van der Waals surface area contributed by atoms with Gasteiger partial charge in [0, 0.05) is 5.56 Å². The minimum Gasteiger partial charge on any atom is -0.501 e. The predicted octanol–water partition coefficient (Wildman–Crippen LogP) is 1.88. The number of anilines is 2. The number of nitrogens with two attached hydrogens (primary N) is 1. The molecule has 0 saturated heterocycles. The highest BCUT2D eigenvalue weighted by Crippen LogP contribution is 2.29. The molecule has 0 radical (unpaired) electrons. The zero-order valence-corrected chi connectivity index (χ0v) is 16.0. The molecule has 10 nitrogen and oxygen atoms in total. The average molecular weight is 437 g/mol. The number of sulfonamides is 1. The summed E-state index contributed by atoms with van der Waals surface area (Å²) in [6.45, 7) is 0. The van der Waals surface area contributed by atoms with E-state index < -0.39 is 33.0 Å². The van der Waals surface area contributed by atoms with E-state index in [9.17, 15) is 23.1 Å². The van der Waals surface area contributed by atoms with Crippen molar-refractivity contribution in [3.8, 4) is 17.1 Å². The first kappa shape index (κ1) is 20.2. The van der Waals surface area contributed by atoms with E-state index in [1.807, 2.05) is 0 Å². The second-order valence-electron chi connectivity index (χ2n) is 5.75. The lowest BCUT2D eigenvalue weighted by atomic mass is 10.1. The topological polar surface area (TPSA) is 175 Å². The summed E-state index contributed by atoms with van der Waals surface area (Å²) >= 11 is 5.88. The largest absolute Gasteiger partial charge is 0.501 e. The number of carboxylic acids is 1. The van der Waals surface area contributed by atoms with Gasteiger partial charge >= 0.3 is 5.97 Å². The number of carbonyl (C=O) groups is 1. The SMILES string of the molecule is Nc1ccc(S(=O)(=O)Nc2ccccc2-c2nc(C(=O)O)c(O)c(=O)[nH]2)cc1Cl. The Morgan fingerprint density at radius 2 is 1.90 bits per heavy atom. The number of aromatic carboxylic acids is 1. The average Bonchev–Trinajstić information content (AvgIpc) is 2.66. The van der Waals surface area contributed by atoms with Gasteiger partial charge in [0.05, 0.1) is 21.3 Å². The number of nitrogen functional groups attached to an aromatic ring is 1. The van der Waals surface area contributed by atoms with Gasteiger partial charge in [0.1, 0.15) is 5.82 Å². The third kappa shape index (κ3) is 4.00. The Kier molecular flexibility index (Phi) is 5.18. The quantitative estimate of drug-likeness (QED) is 0.376. The predicted molar refractivity (Wildman–Crippen MR) is 106 cm³/mol. The summed E-state index contributed by atoms with van der Waals surface area (Å²) in [5, 5.41) is 18.7. The van der Waals surface area contributed by atoms with Gasteiger partial charge in [-0.05, 0) is 30.3 Å². The van der Waals surface area contributed by atoms with E-state index in [4.69, 9.17) is 22.4 Å². The van der Waals surface area contributed by atoms with Crippen molar-refractivity contribution < 1.29 is 23.4 Å². The molecular weight excluding hydrogens is 424 g/mol. The Morgan fingerprint density at radius 3 is 2.55 bits per heavy atom. The highest BCUT2D eigenvalue weighted by atomic mass is 35.5. The van der Waals surface area contributed by atoms with E-state index in [-0.39, 0.29) is 32.7 Å². The third-order valence-electron chi connectivity index (χ3n) is 3.81. The number of aromatic amines is 1. The van der Waals surface area contributed by atoms with Gasteiger partial charge in [-0.25, -0.2) is 18.2 Å². The van der Waals surface area contributed by atoms with Gasteiger partial charge in [0.15, 0.2) is 5.69 Å². The molecule has 0 bridgehead atoms. The molecule has 0 fully saturated rings. The molecule has 1 heterocycles. The molecule has 1 aromatic heterocycles. The van der Waals surface area contributed by atoms with Crippen molar-refractivity contribution in [1.29, 1.82) is 0 Å². The minimum absolute atomic E-state index is 0.00521.